The molecule has 0 aromatic heterocycles. The molecule has 92 valence electrons. The lowest BCUT2D eigenvalue weighted by molar-refractivity contribution is 0.121. The van der Waals surface area contributed by atoms with Crippen LogP contribution in [0.2, 0.25) is 0 Å². The molecule has 0 bridgehead atoms. The van der Waals surface area contributed by atoms with Crippen molar-refractivity contribution in [1.82, 2.24) is 0 Å². The number of hydrogen-bond donors (Lipinski definition) is 0. The Morgan fingerprint density at radius 3 is 2.44 bits per heavy atom. The molecule has 2 rings (SSSR count). The molecular formula is C15H14O3. The van der Waals surface area contributed by atoms with Gasteiger partial charge in [-0.2, -0.15) is 0 Å². The zero-order valence-corrected chi connectivity index (χ0v) is 10.1. The van der Waals surface area contributed by atoms with E-state index in [1.54, 1.807) is 6.07 Å². The van der Waals surface area contributed by atoms with E-state index in [0.29, 0.717) is 5.75 Å². The summed E-state index contributed by atoms with van der Waals surface area (Å²) in [4.78, 5) is 11.0. The highest BCUT2D eigenvalue weighted by molar-refractivity contribution is 5.63. The van der Waals surface area contributed by atoms with Gasteiger partial charge in [-0.25, -0.2) is 4.79 Å². The second-order valence-corrected chi connectivity index (χ2v) is 3.87. The summed E-state index contributed by atoms with van der Waals surface area (Å²) in [7, 11) is 1.29. The summed E-state index contributed by atoms with van der Waals surface area (Å²) >= 11 is 0. The van der Waals surface area contributed by atoms with Crippen LogP contribution in [-0.4, -0.2) is 13.3 Å². The summed E-state index contributed by atoms with van der Waals surface area (Å²) in [5.74, 6) is 0.496. The van der Waals surface area contributed by atoms with Gasteiger partial charge in [0.1, 0.15) is 5.75 Å². The molecule has 3 heteroatoms. The molecule has 0 unspecified atom stereocenters. The van der Waals surface area contributed by atoms with Gasteiger partial charge in [0.2, 0.25) is 0 Å². The Bertz CT molecular complexity index is 520. The maximum atomic E-state index is 11.0. The summed E-state index contributed by atoms with van der Waals surface area (Å²) in [5, 5.41) is 0. The Morgan fingerprint density at radius 2 is 1.72 bits per heavy atom. The molecule has 0 aliphatic heterocycles. The zero-order chi connectivity index (χ0) is 12.8. The summed E-state index contributed by atoms with van der Waals surface area (Å²) in [6, 6.07) is 17.5. The highest BCUT2D eigenvalue weighted by atomic mass is 16.7. The van der Waals surface area contributed by atoms with Gasteiger partial charge in [0.25, 0.3) is 0 Å². The van der Waals surface area contributed by atoms with Crippen molar-refractivity contribution in [3.63, 3.8) is 0 Å². The predicted molar refractivity (Wildman–Crippen MR) is 68.7 cm³/mol. The number of rotatable bonds is 3. The summed E-state index contributed by atoms with van der Waals surface area (Å²) < 4.78 is 9.43. The molecule has 0 spiro atoms. The highest BCUT2D eigenvalue weighted by Crippen LogP contribution is 2.16. The fraction of sp³-hybridized carbons (Fsp3) is 0.133. The topological polar surface area (TPSA) is 35.5 Å². The van der Waals surface area contributed by atoms with Crippen LogP contribution in [0.5, 0.6) is 5.75 Å². The molecule has 0 aliphatic carbocycles. The highest BCUT2D eigenvalue weighted by Gasteiger charge is 2.04. The number of benzene rings is 2. The SMILES string of the molecule is COC(=O)Oc1cccc(Cc2ccccc2)c1. The van der Waals surface area contributed by atoms with Crippen LogP contribution in [0.3, 0.4) is 0 Å². The summed E-state index contributed by atoms with van der Waals surface area (Å²) in [6.07, 6.45) is 0.103. The van der Waals surface area contributed by atoms with Crippen molar-refractivity contribution in [3.05, 3.63) is 65.7 Å². The van der Waals surface area contributed by atoms with Crippen molar-refractivity contribution in [1.29, 1.82) is 0 Å². The first-order chi connectivity index (χ1) is 8.78. The Morgan fingerprint density at radius 1 is 1.00 bits per heavy atom. The van der Waals surface area contributed by atoms with Crippen molar-refractivity contribution >= 4 is 6.16 Å². The van der Waals surface area contributed by atoms with E-state index < -0.39 is 6.16 Å². The standard InChI is InChI=1S/C15H14O3/c1-17-15(16)18-14-9-5-8-13(11-14)10-12-6-3-2-4-7-12/h2-9,11H,10H2,1H3. The fourth-order valence-electron chi connectivity index (χ4n) is 1.69. The molecule has 0 aliphatic rings. The average Bonchev–Trinajstić information content (AvgIpc) is 2.40. The Hall–Kier alpha value is -2.29. The second-order valence-electron chi connectivity index (χ2n) is 3.87. The number of methoxy groups -OCH3 is 1. The molecule has 2 aromatic carbocycles. The number of carbonyl (C=O) groups excluding carboxylic acids is 1. The molecule has 0 amide bonds. The van der Waals surface area contributed by atoms with Crippen LogP contribution in [0.1, 0.15) is 11.1 Å². The third-order valence-corrected chi connectivity index (χ3v) is 2.52. The molecule has 0 heterocycles. The molecule has 0 N–H and O–H groups in total. The van der Waals surface area contributed by atoms with Crippen LogP contribution < -0.4 is 4.74 Å². The minimum absolute atomic E-state index is 0.496. The predicted octanol–water partition coefficient (Wildman–Crippen LogP) is 3.42. The molecule has 3 nitrogen and oxygen atoms in total. The Balaban J connectivity index is 2.10. The molecule has 0 saturated carbocycles. The average molecular weight is 242 g/mol. The van der Waals surface area contributed by atoms with E-state index in [1.807, 2.05) is 36.4 Å². The van der Waals surface area contributed by atoms with Crippen molar-refractivity contribution < 1.29 is 14.3 Å². The van der Waals surface area contributed by atoms with E-state index in [4.69, 9.17) is 4.74 Å². The summed E-state index contributed by atoms with van der Waals surface area (Å²) in [5.41, 5.74) is 2.30. The number of carbonyl (C=O) groups is 1. The smallest absolute Gasteiger partial charge is 0.437 e. The number of ether oxygens (including phenoxy) is 2. The molecule has 0 radical (unpaired) electrons. The largest absolute Gasteiger partial charge is 0.513 e. The molecule has 2 aromatic rings. The fourth-order valence-corrected chi connectivity index (χ4v) is 1.69. The van der Waals surface area contributed by atoms with Crippen molar-refractivity contribution in [2.24, 2.45) is 0 Å². The third-order valence-electron chi connectivity index (χ3n) is 2.52. The quantitative estimate of drug-likeness (QED) is 0.611. The van der Waals surface area contributed by atoms with Crippen LogP contribution in [0.4, 0.5) is 4.79 Å². The first-order valence-corrected chi connectivity index (χ1v) is 5.66. The van der Waals surface area contributed by atoms with Gasteiger partial charge >= 0.3 is 6.16 Å². The van der Waals surface area contributed by atoms with E-state index in [0.717, 1.165) is 12.0 Å². The lowest BCUT2D eigenvalue weighted by Gasteiger charge is -2.05. The van der Waals surface area contributed by atoms with Gasteiger partial charge in [0, 0.05) is 0 Å². The first kappa shape index (κ1) is 12.2. The Labute approximate surface area is 106 Å². The molecule has 18 heavy (non-hydrogen) atoms. The van der Waals surface area contributed by atoms with E-state index in [-0.39, 0.29) is 0 Å². The summed E-state index contributed by atoms with van der Waals surface area (Å²) in [6.45, 7) is 0. The van der Waals surface area contributed by atoms with Gasteiger partial charge in [-0.15, -0.1) is 0 Å². The van der Waals surface area contributed by atoms with Crippen LogP contribution in [0, 0.1) is 0 Å². The molecule has 0 fully saturated rings. The van der Waals surface area contributed by atoms with Crippen LogP contribution in [0.15, 0.2) is 54.6 Å². The van der Waals surface area contributed by atoms with E-state index in [2.05, 4.69) is 16.9 Å². The maximum Gasteiger partial charge on any atom is 0.513 e. The van der Waals surface area contributed by atoms with Gasteiger partial charge < -0.3 is 9.47 Å². The normalized spacial score (nSPS) is 9.83. The van der Waals surface area contributed by atoms with Crippen molar-refractivity contribution in [2.75, 3.05) is 7.11 Å². The first-order valence-electron chi connectivity index (χ1n) is 5.66. The maximum absolute atomic E-state index is 11.0. The number of hydrogen-bond acceptors (Lipinski definition) is 3. The van der Waals surface area contributed by atoms with Crippen LogP contribution in [-0.2, 0) is 11.2 Å². The second kappa shape index (κ2) is 5.87. The van der Waals surface area contributed by atoms with E-state index >= 15 is 0 Å². The lowest BCUT2D eigenvalue weighted by Crippen LogP contribution is -2.07. The molecular weight excluding hydrogens is 228 g/mol. The van der Waals surface area contributed by atoms with Gasteiger partial charge in [-0.1, -0.05) is 42.5 Å². The minimum Gasteiger partial charge on any atom is -0.437 e. The molecule has 0 saturated heterocycles. The van der Waals surface area contributed by atoms with Gasteiger partial charge in [0.15, 0.2) is 0 Å². The monoisotopic (exact) mass is 242 g/mol. The van der Waals surface area contributed by atoms with Gasteiger partial charge in [0.05, 0.1) is 7.11 Å². The minimum atomic E-state index is -0.702. The van der Waals surface area contributed by atoms with E-state index in [1.165, 1.54) is 12.7 Å². The van der Waals surface area contributed by atoms with Crippen molar-refractivity contribution in [3.8, 4) is 5.75 Å². The van der Waals surface area contributed by atoms with Crippen LogP contribution in [0.25, 0.3) is 0 Å². The molecule has 0 atom stereocenters. The van der Waals surface area contributed by atoms with Crippen molar-refractivity contribution in [2.45, 2.75) is 6.42 Å². The van der Waals surface area contributed by atoms with Gasteiger partial charge in [-0.05, 0) is 29.7 Å². The lowest BCUT2D eigenvalue weighted by atomic mass is 10.1. The third kappa shape index (κ3) is 3.35. The Kier molecular flexibility index (Phi) is 3.97. The van der Waals surface area contributed by atoms with E-state index in [9.17, 15) is 4.79 Å². The zero-order valence-electron chi connectivity index (χ0n) is 10.1. The van der Waals surface area contributed by atoms with Crippen LogP contribution >= 0.6 is 0 Å². The van der Waals surface area contributed by atoms with Gasteiger partial charge in [-0.3, -0.25) is 0 Å².